The maximum absolute atomic E-state index is 12.7. The minimum Gasteiger partial charge on any atom is -0.322 e. The molecule has 2 aromatic rings. The van der Waals surface area contributed by atoms with E-state index in [1.807, 2.05) is 0 Å². The minimum absolute atomic E-state index is 0.0246. The molecule has 0 aliphatic carbocycles. The van der Waals surface area contributed by atoms with E-state index in [2.05, 4.69) is 15.0 Å². The van der Waals surface area contributed by atoms with Crippen LogP contribution < -0.4 is 10.0 Å². The third-order valence-electron chi connectivity index (χ3n) is 4.57. The van der Waals surface area contributed by atoms with Crippen molar-refractivity contribution >= 4 is 39.2 Å². The molecule has 0 saturated carbocycles. The quantitative estimate of drug-likeness (QED) is 0.402. The molecule has 0 saturated heterocycles. The second kappa shape index (κ2) is 9.98. The van der Waals surface area contributed by atoms with Gasteiger partial charge in [0.2, 0.25) is 5.91 Å². The number of non-ortho nitro benzene ring substituents is 1. The van der Waals surface area contributed by atoms with Crippen LogP contribution in [0.5, 0.6) is 0 Å². The van der Waals surface area contributed by atoms with E-state index in [1.165, 1.54) is 48.6 Å². The number of rotatable bonds is 6. The van der Waals surface area contributed by atoms with Crippen molar-refractivity contribution in [2.24, 2.45) is 4.99 Å². The van der Waals surface area contributed by atoms with Crippen molar-refractivity contribution in [1.82, 2.24) is 4.72 Å². The van der Waals surface area contributed by atoms with E-state index < -0.39 is 20.9 Å². The van der Waals surface area contributed by atoms with Crippen LogP contribution in [-0.4, -0.2) is 31.6 Å². The maximum atomic E-state index is 12.7. The molecule has 3 rings (SSSR count). The molecule has 0 radical (unpaired) electrons. The Morgan fingerprint density at radius 2 is 1.87 bits per heavy atom. The van der Waals surface area contributed by atoms with Crippen molar-refractivity contribution in [3.05, 3.63) is 70.3 Å². The highest BCUT2D eigenvalue weighted by Gasteiger charge is 2.17. The fraction of sp³-hybridized carbons (Fsp3) is 0.238. The molecule has 0 spiro atoms. The number of amidine groups is 1. The van der Waals surface area contributed by atoms with Crippen LogP contribution in [0.4, 0.5) is 11.4 Å². The predicted molar refractivity (Wildman–Crippen MR) is 118 cm³/mol. The lowest BCUT2D eigenvalue weighted by Crippen LogP contribution is -2.30. The molecule has 1 heterocycles. The number of hydrogen-bond donors (Lipinski definition) is 2. The highest BCUT2D eigenvalue weighted by atomic mass is 32.2. The number of nitro groups is 1. The molecule has 0 unspecified atom stereocenters. The van der Waals surface area contributed by atoms with Crippen molar-refractivity contribution in [2.75, 3.05) is 11.9 Å². The van der Waals surface area contributed by atoms with E-state index in [1.54, 1.807) is 12.1 Å². The third-order valence-corrected chi connectivity index (χ3v) is 5.95. The summed E-state index contributed by atoms with van der Waals surface area (Å²) < 4.78 is 27.9. The van der Waals surface area contributed by atoms with Crippen LogP contribution in [0.25, 0.3) is 6.08 Å². The van der Waals surface area contributed by atoms with E-state index in [9.17, 15) is 23.3 Å². The number of carbonyl (C=O) groups excluding carboxylic acids is 1. The van der Waals surface area contributed by atoms with Crippen molar-refractivity contribution in [1.29, 1.82) is 0 Å². The summed E-state index contributed by atoms with van der Waals surface area (Å²) in [6.07, 6.45) is 6.21. The van der Waals surface area contributed by atoms with Crippen LogP contribution in [0.3, 0.4) is 0 Å². The van der Waals surface area contributed by atoms with Crippen molar-refractivity contribution < 1.29 is 18.1 Å². The number of nitro benzene ring substituents is 1. The highest BCUT2D eigenvalue weighted by Crippen LogP contribution is 2.17. The maximum Gasteiger partial charge on any atom is 0.269 e. The van der Waals surface area contributed by atoms with Crippen molar-refractivity contribution in [3.8, 4) is 0 Å². The molecule has 1 aliphatic heterocycles. The Labute approximate surface area is 180 Å². The van der Waals surface area contributed by atoms with Crippen LogP contribution in [0.1, 0.15) is 31.2 Å². The molecule has 1 amide bonds. The lowest BCUT2D eigenvalue weighted by molar-refractivity contribution is -0.384. The smallest absolute Gasteiger partial charge is 0.269 e. The summed E-state index contributed by atoms with van der Waals surface area (Å²) in [4.78, 5) is 26.7. The van der Waals surface area contributed by atoms with E-state index in [0.717, 1.165) is 19.3 Å². The Morgan fingerprint density at radius 3 is 2.61 bits per heavy atom. The molecule has 1 aliphatic rings. The van der Waals surface area contributed by atoms with Gasteiger partial charge in [-0.3, -0.25) is 24.6 Å². The predicted octanol–water partition coefficient (Wildman–Crippen LogP) is 3.50. The van der Waals surface area contributed by atoms with Crippen molar-refractivity contribution in [3.63, 3.8) is 0 Å². The monoisotopic (exact) mass is 442 g/mol. The van der Waals surface area contributed by atoms with Crippen LogP contribution in [0, 0.1) is 10.1 Å². The van der Waals surface area contributed by atoms with E-state index in [0.29, 0.717) is 30.1 Å². The Hall–Kier alpha value is -3.53. The van der Waals surface area contributed by atoms with Crippen molar-refractivity contribution in [2.45, 2.75) is 30.6 Å². The number of amides is 1. The number of benzene rings is 2. The summed E-state index contributed by atoms with van der Waals surface area (Å²) in [5.74, 6) is -0.00743. The fourth-order valence-electron chi connectivity index (χ4n) is 2.98. The zero-order valence-corrected chi connectivity index (χ0v) is 17.5. The van der Waals surface area contributed by atoms with Gasteiger partial charge in [0.1, 0.15) is 5.84 Å². The first-order chi connectivity index (χ1) is 14.8. The lowest BCUT2D eigenvalue weighted by atomic mass is 10.2. The first kappa shape index (κ1) is 22.2. The second-order valence-electron chi connectivity index (χ2n) is 6.94. The molecule has 10 heteroatoms. The van der Waals surface area contributed by atoms with Gasteiger partial charge < -0.3 is 5.32 Å². The number of sulfonamides is 1. The van der Waals surface area contributed by atoms with Gasteiger partial charge in [-0.25, -0.2) is 8.42 Å². The zero-order valence-electron chi connectivity index (χ0n) is 16.7. The number of aliphatic imine (C=N–C) groups is 1. The van der Waals surface area contributed by atoms with Gasteiger partial charge in [0.25, 0.3) is 15.7 Å². The number of nitrogens with zero attached hydrogens (tertiary/aromatic N) is 2. The van der Waals surface area contributed by atoms with E-state index >= 15 is 0 Å². The molecule has 162 valence electrons. The summed E-state index contributed by atoms with van der Waals surface area (Å²) in [7, 11) is -3.81. The number of hydrogen-bond acceptors (Lipinski definition) is 6. The number of carbonyl (C=O) groups is 1. The van der Waals surface area contributed by atoms with Crippen LogP contribution in [-0.2, 0) is 14.8 Å². The fourth-order valence-corrected chi connectivity index (χ4v) is 4.11. The Bertz CT molecular complexity index is 1120. The van der Waals surface area contributed by atoms with Gasteiger partial charge >= 0.3 is 0 Å². The molecule has 0 aromatic heterocycles. The summed E-state index contributed by atoms with van der Waals surface area (Å²) >= 11 is 0. The average molecular weight is 442 g/mol. The van der Waals surface area contributed by atoms with E-state index in [-0.39, 0.29) is 10.6 Å². The number of anilines is 1. The summed E-state index contributed by atoms with van der Waals surface area (Å²) in [5.41, 5.74) is 0.900. The van der Waals surface area contributed by atoms with Gasteiger partial charge in [0, 0.05) is 36.9 Å². The van der Waals surface area contributed by atoms with Gasteiger partial charge in [-0.2, -0.15) is 0 Å². The standard InChI is InChI=1S/C21H22N4O5S/c26-21(13-10-16-8-11-18(12-9-16)25(27)28)23-17-5-4-6-19(15-17)31(29,30)24-20-7-2-1-3-14-22-20/h4-6,8-13,15H,1-3,7,14H2,(H,22,24)(H,23,26)/b13-10+. The molecule has 31 heavy (non-hydrogen) atoms. The van der Waals surface area contributed by atoms with Gasteiger partial charge in [-0.15, -0.1) is 0 Å². The SMILES string of the molecule is O=C(/C=C/c1ccc([N+](=O)[O-])cc1)Nc1cccc(S(=O)(=O)NC2=NCCCCC2)c1. The Kier molecular flexibility index (Phi) is 7.14. The largest absolute Gasteiger partial charge is 0.322 e. The molecule has 0 bridgehead atoms. The third kappa shape index (κ3) is 6.48. The average Bonchev–Trinajstić information content (AvgIpc) is 3.01. The second-order valence-corrected chi connectivity index (χ2v) is 8.63. The molecule has 0 fully saturated rings. The first-order valence-corrected chi connectivity index (χ1v) is 11.2. The zero-order chi connectivity index (χ0) is 22.3. The Morgan fingerprint density at radius 1 is 1.10 bits per heavy atom. The first-order valence-electron chi connectivity index (χ1n) is 9.73. The molecular weight excluding hydrogens is 420 g/mol. The molecule has 2 N–H and O–H groups in total. The van der Waals surface area contributed by atoms with Gasteiger partial charge in [-0.1, -0.05) is 12.5 Å². The van der Waals surface area contributed by atoms with Gasteiger partial charge in [-0.05, 0) is 54.8 Å². The van der Waals surface area contributed by atoms with Crippen LogP contribution >= 0.6 is 0 Å². The van der Waals surface area contributed by atoms with Gasteiger partial charge in [0.05, 0.1) is 9.82 Å². The van der Waals surface area contributed by atoms with Crippen LogP contribution in [0.2, 0.25) is 0 Å². The molecule has 9 nitrogen and oxygen atoms in total. The van der Waals surface area contributed by atoms with Gasteiger partial charge in [0.15, 0.2) is 0 Å². The number of nitrogens with one attached hydrogen (secondary N) is 2. The highest BCUT2D eigenvalue weighted by molar-refractivity contribution is 7.90. The molecule has 2 aromatic carbocycles. The molecule has 0 atom stereocenters. The Balaban J connectivity index is 1.66. The summed E-state index contributed by atoms with van der Waals surface area (Å²) in [6.45, 7) is 0.606. The normalized spacial score (nSPS) is 14.5. The minimum atomic E-state index is -3.81. The van der Waals surface area contributed by atoms with E-state index in [4.69, 9.17) is 0 Å². The summed E-state index contributed by atoms with van der Waals surface area (Å²) in [5, 5.41) is 13.3. The topological polar surface area (TPSA) is 131 Å². The van der Waals surface area contributed by atoms with Crippen LogP contribution in [0.15, 0.2) is 64.5 Å². The molecular formula is C21H22N4O5S. The summed E-state index contributed by atoms with van der Waals surface area (Å²) in [6, 6.07) is 11.7. The lowest BCUT2D eigenvalue weighted by Gasteiger charge is -2.11.